The molecule has 1 heterocycles. The van der Waals surface area contributed by atoms with Crippen LogP contribution >= 0.6 is 0 Å². The molecule has 0 saturated heterocycles. The molecule has 0 spiro atoms. The van der Waals surface area contributed by atoms with Crippen molar-refractivity contribution in [2.24, 2.45) is 0 Å². The van der Waals surface area contributed by atoms with E-state index in [1.165, 1.54) is 0 Å². The molecular formula is C14H14N2O3. The first-order chi connectivity index (χ1) is 9.13. The van der Waals surface area contributed by atoms with E-state index in [4.69, 9.17) is 0 Å². The second-order valence-electron chi connectivity index (χ2n) is 4.97. The molecule has 0 amide bonds. The van der Waals surface area contributed by atoms with Crippen LogP contribution in [0.5, 0.6) is 0 Å². The number of carboxylic acid groups (broad SMARTS) is 1. The van der Waals surface area contributed by atoms with Crippen LogP contribution in [0.2, 0.25) is 0 Å². The Morgan fingerprint density at radius 2 is 2.00 bits per heavy atom. The van der Waals surface area contributed by atoms with Gasteiger partial charge in [0.05, 0.1) is 18.0 Å². The van der Waals surface area contributed by atoms with E-state index in [1.807, 2.05) is 30.3 Å². The normalized spacial score (nSPS) is 25.8. The first-order valence-electron chi connectivity index (χ1n) is 6.14. The van der Waals surface area contributed by atoms with E-state index in [0.29, 0.717) is 5.56 Å². The summed E-state index contributed by atoms with van der Waals surface area (Å²) in [6.45, 7) is 0. The molecule has 0 unspecified atom stereocenters. The van der Waals surface area contributed by atoms with Crippen molar-refractivity contribution in [1.29, 1.82) is 0 Å². The summed E-state index contributed by atoms with van der Waals surface area (Å²) in [5, 5.41) is 25.8. The maximum Gasteiger partial charge on any atom is 0.314 e. The zero-order valence-corrected chi connectivity index (χ0v) is 10.2. The zero-order valence-electron chi connectivity index (χ0n) is 10.2. The van der Waals surface area contributed by atoms with Crippen LogP contribution in [0, 0.1) is 0 Å². The van der Waals surface area contributed by atoms with Crippen LogP contribution in [-0.4, -0.2) is 32.5 Å². The van der Waals surface area contributed by atoms with Crippen LogP contribution in [0.3, 0.4) is 0 Å². The second-order valence-corrected chi connectivity index (χ2v) is 4.97. The third-order valence-electron chi connectivity index (χ3n) is 3.79. The van der Waals surface area contributed by atoms with Gasteiger partial charge in [-0.15, -0.1) is 0 Å². The minimum atomic E-state index is -1.02. The summed E-state index contributed by atoms with van der Waals surface area (Å²) in [4.78, 5) is 11.6. The molecule has 0 bridgehead atoms. The van der Waals surface area contributed by atoms with Crippen LogP contribution in [0.1, 0.15) is 18.4 Å². The van der Waals surface area contributed by atoms with Crippen molar-refractivity contribution < 1.29 is 15.0 Å². The van der Waals surface area contributed by atoms with Crippen LogP contribution in [-0.2, 0) is 10.2 Å². The van der Waals surface area contributed by atoms with Gasteiger partial charge in [-0.3, -0.25) is 9.89 Å². The van der Waals surface area contributed by atoms with Crippen LogP contribution in [0.4, 0.5) is 0 Å². The van der Waals surface area contributed by atoms with Gasteiger partial charge in [0, 0.05) is 5.56 Å². The molecule has 0 radical (unpaired) electrons. The third kappa shape index (κ3) is 1.74. The monoisotopic (exact) mass is 258 g/mol. The predicted octanol–water partition coefficient (Wildman–Crippen LogP) is 1.55. The first kappa shape index (κ1) is 11.9. The average molecular weight is 258 g/mol. The Balaban J connectivity index is 2.08. The summed E-state index contributed by atoms with van der Waals surface area (Å²) in [5.74, 6) is -0.906. The van der Waals surface area contributed by atoms with E-state index < -0.39 is 17.5 Å². The van der Waals surface area contributed by atoms with Crippen LogP contribution in [0.25, 0.3) is 11.3 Å². The quantitative estimate of drug-likeness (QED) is 0.779. The maximum absolute atomic E-state index is 11.6. The second kappa shape index (κ2) is 4.20. The molecule has 1 aromatic heterocycles. The predicted molar refractivity (Wildman–Crippen MR) is 68.6 cm³/mol. The van der Waals surface area contributed by atoms with Crippen molar-refractivity contribution >= 4 is 5.97 Å². The largest absolute Gasteiger partial charge is 0.481 e. The molecule has 1 fully saturated rings. The average Bonchev–Trinajstić information content (AvgIpc) is 2.84. The van der Waals surface area contributed by atoms with E-state index in [-0.39, 0.29) is 12.8 Å². The molecule has 5 heteroatoms. The number of rotatable bonds is 3. The fraction of sp³-hybridized carbons (Fsp3) is 0.286. The number of hydrogen-bond acceptors (Lipinski definition) is 3. The minimum Gasteiger partial charge on any atom is -0.481 e. The molecule has 1 aromatic carbocycles. The lowest BCUT2D eigenvalue weighted by atomic mass is 9.62. The van der Waals surface area contributed by atoms with Gasteiger partial charge in [0.25, 0.3) is 0 Å². The highest BCUT2D eigenvalue weighted by molar-refractivity contribution is 5.86. The molecule has 1 aliphatic rings. The van der Waals surface area contributed by atoms with Crippen molar-refractivity contribution in [3.05, 3.63) is 42.1 Å². The number of aromatic amines is 1. The van der Waals surface area contributed by atoms with Gasteiger partial charge in [0.15, 0.2) is 0 Å². The number of nitrogens with one attached hydrogen (secondary N) is 1. The summed E-state index contributed by atoms with van der Waals surface area (Å²) in [6.07, 6.45) is 1.49. The topological polar surface area (TPSA) is 86.2 Å². The first-order valence-corrected chi connectivity index (χ1v) is 6.14. The summed E-state index contributed by atoms with van der Waals surface area (Å²) in [5.41, 5.74) is 1.25. The molecule has 1 aliphatic carbocycles. The van der Waals surface area contributed by atoms with Gasteiger partial charge in [-0.25, -0.2) is 0 Å². The van der Waals surface area contributed by atoms with Gasteiger partial charge in [-0.05, 0) is 18.4 Å². The van der Waals surface area contributed by atoms with Crippen LogP contribution < -0.4 is 0 Å². The van der Waals surface area contributed by atoms with E-state index >= 15 is 0 Å². The lowest BCUT2D eigenvalue weighted by Gasteiger charge is -2.41. The SMILES string of the molecule is O=C(O)C1(c2cn[nH]c2-c2ccccc2)CC(O)C1. The van der Waals surface area contributed by atoms with Crippen molar-refractivity contribution in [2.75, 3.05) is 0 Å². The summed E-state index contributed by atoms with van der Waals surface area (Å²) in [7, 11) is 0. The highest BCUT2D eigenvalue weighted by Crippen LogP contribution is 2.46. The van der Waals surface area contributed by atoms with Gasteiger partial charge in [-0.1, -0.05) is 30.3 Å². The molecule has 19 heavy (non-hydrogen) atoms. The number of carboxylic acids is 1. The number of nitrogens with zero attached hydrogens (tertiary/aromatic N) is 1. The van der Waals surface area contributed by atoms with Crippen molar-refractivity contribution in [3.63, 3.8) is 0 Å². The van der Waals surface area contributed by atoms with E-state index in [2.05, 4.69) is 10.2 Å². The number of H-pyrrole nitrogens is 1. The molecule has 1 saturated carbocycles. The molecule has 3 N–H and O–H groups in total. The molecule has 2 aromatic rings. The Bertz CT molecular complexity index is 600. The van der Waals surface area contributed by atoms with Crippen molar-refractivity contribution in [3.8, 4) is 11.3 Å². The van der Waals surface area contributed by atoms with Gasteiger partial charge >= 0.3 is 5.97 Å². The summed E-state index contributed by atoms with van der Waals surface area (Å²) < 4.78 is 0. The van der Waals surface area contributed by atoms with E-state index in [1.54, 1.807) is 6.20 Å². The molecule has 5 nitrogen and oxygen atoms in total. The minimum absolute atomic E-state index is 0.238. The number of aromatic nitrogens is 2. The number of hydrogen-bond donors (Lipinski definition) is 3. The highest BCUT2D eigenvalue weighted by Gasteiger charge is 2.53. The maximum atomic E-state index is 11.6. The molecule has 3 rings (SSSR count). The molecular weight excluding hydrogens is 244 g/mol. The van der Waals surface area contributed by atoms with Gasteiger partial charge in [-0.2, -0.15) is 5.10 Å². The lowest BCUT2D eigenvalue weighted by Crippen LogP contribution is -2.50. The Hall–Kier alpha value is -2.14. The summed E-state index contributed by atoms with van der Waals surface area (Å²) in [6, 6.07) is 9.49. The smallest absolute Gasteiger partial charge is 0.314 e. The van der Waals surface area contributed by atoms with Crippen molar-refractivity contribution in [1.82, 2.24) is 10.2 Å². The summed E-state index contributed by atoms with van der Waals surface area (Å²) >= 11 is 0. The van der Waals surface area contributed by atoms with E-state index in [0.717, 1.165) is 11.3 Å². The highest BCUT2D eigenvalue weighted by atomic mass is 16.4. The Morgan fingerprint density at radius 3 is 2.58 bits per heavy atom. The number of aliphatic hydroxyl groups excluding tert-OH is 1. The molecule has 0 aliphatic heterocycles. The van der Waals surface area contributed by atoms with Gasteiger partial charge in [0.1, 0.15) is 5.41 Å². The number of carbonyl (C=O) groups is 1. The van der Waals surface area contributed by atoms with Gasteiger partial charge in [0.2, 0.25) is 0 Å². The standard InChI is InChI=1S/C14H14N2O3/c17-10-6-14(7-10,13(18)19)11-8-15-16-12(11)9-4-2-1-3-5-9/h1-5,8,10,17H,6-7H2,(H,15,16)(H,18,19). The zero-order chi connectivity index (χ0) is 13.5. The third-order valence-corrected chi connectivity index (χ3v) is 3.79. The Labute approximate surface area is 109 Å². The number of aliphatic hydroxyl groups is 1. The van der Waals surface area contributed by atoms with E-state index in [9.17, 15) is 15.0 Å². The number of aliphatic carboxylic acids is 1. The fourth-order valence-electron chi connectivity index (χ4n) is 2.73. The molecule has 98 valence electrons. The Kier molecular flexibility index (Phi) is 2.64. The lowest BCUT2D eigenvalue weighted by molar-refractivity contribution is -0.152. The van der Waals surface area contributed by atoms with Crippen LogP contribution in [0.15, 0.2) is 36.5 Å². The Morgan fingerprint density at radius 1 is 1.32 bits per heavy atom. The number of benzene rings is 1. The molecule has 0 atom stereocenters. The fourth-order valence-corrected chi connectivity index (χ4v) is 2.73. The van der Waals surface area contributed by atoms with Crippen molar-refractivity contribution in [2.45, 2.75) is 24.4 Å². The van der Waals surface area contributed by atoms with Gasteiger partial charge < -0.3 is 10.2 Å².